The summed E-state index contributed by atoms with van der Waals surface area (Å²) in [6.45, 7) is 3.84. The Morgan fingerprint density at radius 3 is 2.48 bits per heavy atom. The molecular weight excluding hydrogens is 360 g/mol. The van der Waals surface area contributed by atoms with Crippen LogP contribution in [0, 0.1) is 26.2 Å². The molecule has 0 saturated carbocycles. The Kier molecular flexibility index (Phi) is 5.45. The van der Waals surface area contributed by atoms with Gasteiger partial charge in [-0.25, -0.2) is 8.42 Å². The zero-order valence-electron chi connectivity index (χ0n) is 15.2. The molecular formula is C21H20N2O3S. The number of benzene rings is 2. The fourth-order valence-electron chi connectivity index (χ4n) is 2.74. The van der Waals surface area contributed by atoms with Gasteiger partial charge in [0.15, 0.2) is 5.76 Å². The SMILES string of the molecule is C#CCN(Cc1cc(-c2ccccc2C)no1)S(=O)(=O)c1ccc(C)cc1. The van der Waals surface area contributed by atoms with Crippen LogP contribution < -0.4 is 0 Å². The lowest BCUT2D eigenvalue weighted by molar-refractivity contribution is 0.336. The van der Waals surface area contributed by atoms with Gasteiger partial charge in [0.25, 0.3) is 0 Å². The van der Waals surface area contributed by atoms with Crippen molar-refractivity contribution in [3.8, 4) is 23.6 Å². The molecule has 138 valence electrons. The molecule has 0 aliphatic heterocycles. The number of hydrogen-bond acceptors (Lipinski definition) is 4. The van der Waals surface area contributed by atoms with E-state index in [2.05, 4.69) is 11.1 Å². The molecule has 0 atom stereocenters. The van der Waals surface area contributed by atoms with E-state index in [0.29, 0.717) is 11.5 Å². The summed E-state index contributed by atoms with van der Waals surface area (Å²) in [4.78, 5) is 0.196. The summed E-state index contributed by atoms with van der Waals surface area (Å²) in [5.41, 5.74) is 3.65. The van der Waals surface area contributed by atoms with Crippen molar-refractivity contribution in [1.82, 2.24) is 9.46 Å². The quantitative estimate of drug-likeness (QED) is 0.611. The molecule has 0 aliphatic rings. The third-order valence-electron chi connectivity index (χ3n) is 4.24. The maximum atomic E-state index is 12.9. The number of sulfonamides is 1. The normalized spacial score (nSPS) is 11.5. The lowest BCUT2D eigenvalue weighted by atomic mass is 10.1. The molecule has 3 aromatic rings. The van der Waals surface area contributed by atoms with E-state index in [4.69, 9.17) is 10.9 Å². The topological polar surface area (TPSA) is 63.4 Å². The number of aryl methyl sites for hydroxylation is 2. The maximum absolute atomic E-state index is 12.9. The summed E-state index contributed by atoms with van der Waals surface area (Å²) >= 11 is 0. The van der Waals surface area contributed by atoms with Crippen LogP contribution in [-0.4, -0.2) is 24.4 Å². The van der Waals surface area contributed by atoms with E-state index in [0.717, 1.165) is 16.7 Å². The number of terminal acetylenes is 1. The molecule has 0 bridgehead atoms. The van der Waals surface area contributed by atoms with Crippen LogP contribution >= 0.6 is 0 Å². The standard InChI is InChI=1S/C21H20N2O3S/c1-4-13-23(27(24,25)19-11-9-16(2)10-12-19)15-18-14-21(22-26-18)20-8-6-5-7-17(20)3/h1,5-12,14H,13,15H2,2-3H3. The van der Waals surface area contributed by atoms with E-state index < -0.39 is 10.0 Å². The molecule has 0 radical (unpaired) electrons. The van der Waals surface area contributed by atoms with Gasteiger partial charge in [-0.1, -0.05) is 53.0 Å². The molecule has 2 aromatic carbocycles. The van der Waals surface area contributed by atoms with Crippen LogP contribution in [0.5, 0.6) is 0 Å². The van der Waals surface area contributed by atoms with Crippen LogP contribution in [0.2, 0.25) is 0 Å². The van der Waals surface area contributed by atoms with Crippen molar-refractivity contribution >= 4 is 10.0 Å². The van der Waals surface area contributed by atoms with Gasteiger partial charge >= 0.3 is 0 Å². The molecule has 6 heteroatoms. The van der Waals surface area contributed by atoms with E-state index in [1.54, 1.807) is 30.3 Å². The minimum Gasteiger partial charge on any atom is -0.359 e. The molecule has 3 rings (SSSR count). The highest BCUT2D eigenvalue weighted by Gasteiger charge is 2.25. The lowest BCUT2D eigenvalue weighted by Crippen LogP contribution is -2.31. The summed E-state index contributed by atoms with van der Waals surface area (Å²) < 4.78 is 32.5. The Morgan fingerprint density at radius 2 is 1.81 bits per heavy atom. The predicted molar refractivity (Wildman–Crippen MR) is 104 cm³/mol. The predicted octanol–water partition coefficient (Wildman–Crippen LogP) is 3.78. The Labute approximate surface area is 159 Å². The van der Waals surface area contributed by atoms with Gasteiger partial charge in [0, 0.05) is 11.6 Å². The van der Waals surface area contributed by atoms with E-state index in [1.807, 2.05) is 38.1 Å². The third-order valence-corrected chi connectivity index (χ3v) is 6.04. The molecule has 0 N–H and O–H groups in total. The largest absolute Gasteiger partial charge is 0.359 e. The molecule has 0 spiro atoms. The summed E-state index contributed by atoms with van der Waals surface area (Å²) in [5, 5.41) is 4.08. The Hall–Kier alpha value is -2.88. The lowest BCUT2D eigenvalue weighted by Gasteiger charge is -2.18. The average molecular weight is 380 g/mol. The van der Waals surface area contributed by atoms with Gasteiger partial charge < -0.3 is 4.52 Å². The molecule has 1 heterocycles. The molecule has 0 amide bonds. The Morgan fingerprint density at radius 1 is 1.11 bits per heavy atom. The number of nitrogens with zero attached hydrogens (tertiary/aromatic N) is 2. The smallest absolute Gasteiger partial charge is 0.244 e. The molecule has 0 unspecified atom stereocenters. The van der Waals surface area contributed by atoms with Crippen LogP contribution in [0.1, 0.15) is 16.9 Å². The minimum atomic E-state index is -3.74. The summed E-state index contributed by atoms with van der Waals surface area (Å²) in [6.07, 6.45) is 5.40. The van der Waals surface area contributed by atoms with Crippen molar-refractivity contribution in [3.63, 3.8) is 0 Å². The first-order chi connectivity index (χ1) is 12.9. The molecule has 5 nitrogen and oxygen atoms in total. The summed E-state index contributed by atoms with van der Waals surface area (Å²) in [6, 6.07) is 16.2. The van der Waals surface area contributed by atoms with Gasteiger partial charge in [-0.05, 0) is 31.5 Å². The molecule has 1 aromatic heterocycles. The van der Waals surface area contributed by atoms with Crippen molar-refractivity contribution in [2.24, 2.45) is 0 Å². The second-order valence-corrected chi connectivity index (χ2v) is 8.22. The van der Waals surface area contributed by atoms with E-state index in [9.17, 15) is 8.42 Å². The van der Waals surface area contributed by atoms with Crippen LogP contribution in [0.3, 0.4) is 0 Å². The molecule has 0 fully saturated rings. The first kappa shape index (κ1) is 18.9. The molecule has 27 heavy (non-hydrogen) atoms. The van der Waals surface area contributed by atoms with Gasteiger partial charge in [0.05, 0.1) is 18.0 Å². The number of aromatic nitrogens is 1. The van der Waals surface area contributed by atoms with Crippen LogP contribution in [0.4, 0.5) is 0 Å². The fourth-order valence-corrected chi connectivity index (χ4v) is 4.06. The van der Waals surface area contributed by atoms with Crippen molar-refractivity contribution in [2.75, 3.05) is 6.54 Å². The van der Waals surface area contributed by atoms with E-state index >= 15 is 0 Å². The van der Waals surface area contributed by atoms with Crippen LogP contribution in [-0.2, 0) is 16.6 Å². The zero-order valence-corrected chi connectivity index (χ0v) is 16.0. The van der Waals surface area contributed by atoms with Crippen molar-refractivity contribution in [1.29, 1.82) is 0 Å². The highest BCUT2D eigenvalue weighted by molar-refractivity contribution is 7.89. The van der Waals surface area contributed by atoms with Crippen molar-refractivity contribution < 1.29 is 12.9 Å². The average Bonchev–Trinajstić information content (AvgIpc) is 3.10. The van der Waals surface area contributed by atoms with Crippen molar-refractivity contribution in [3.05, 3.63) is 71.5 Å². The monoisotopic (exact) mass is 380 g/mol. The fraction of sp³-hybridized carbons (Fsp3) is 0.190. The second kappa shape index (κ2) is 7.78. The number of rotatable bonds is 6. The first-order valence-electron chi connectivity index (χ1n) is 8.43. The molecule has 0 aliphatic carbocycles. The highest BCUT2D eigenvalue weighted by Crippen LogP contribution is 2.24. The van der Waals surface area contributed by atoms with Gasteiger partial charge in [-0.2, -0.15) is 4.31 Å². The van der Waals surface area contributed by atoms with Gasteiger partial charge in [0.1, 0.15) is 5.69 Å². The van der Waals surface area contributed by atoms with Gasteiger partial charge in [-0.3, -0.25) is 0 Å². The first-order valence-corrected chi connectivity index (χ1v) is 9.87. The third kappa shape index (κ3) is 4.11. The van der Waals surface area contributed by atoms with Crippen molar-refractivity contribution in [2.45, 2.75) is 25.3 Å². The van der Waals surface area contributed by atoms with Crippen LogP contribution in [0.25, 0.3) is 11.3 Å². The van der Waals surface area contributed by atoms with Crippen LogP contribution in [0.15, 0.2) is 64.0 Å². The van der Waals surface area contributed by atoms with Gasteiger partial charge in [-0.15, -0.1) is 6.42 Å². The van der Waals surface area contributed by atoms with E-state index in [1.165, 1.54) is 4.31 Å². The Bertz CT molecular complexity index is 1080. The summed E-state index contributed by atoms with van der Waals surface area (Å²) in [7, 11) is -3.74. The number of hydrogen-bond donors (Lipinski definition) is 0. The second-order valence-electron chi connectivity index (χ2n) is 6.28. The maximum Gasteiger partial charge on any atom is 0.244 e. The minimum absolute atomic E-state index is 0.0132. The summed E-state index contributed by atoms with van der Waals surface area (Å²) in [5.74, 6) is 2.84. The molecule has 0 saturated heterocycles. The Balaban J connectivity index is 1.88. The van der Waals surface area contributed by atoms with E-state index in [-0.39, 0.29) is 18.0 Å². The van der Waals surface area contributed by atoms with Gasteiger partial charge in [0.2, 0.25) is 10.0 Å². The zero-order chi connectivity index (χ0) is 19.4. The highest BCUT2D eigenvalue weighted by atomic mass is 32.2.